The first kappa shape index (κ1) is 17.3. The van der Waals surface area contributed by atoms with Crippen LogP contribution in [0.15, 0.2) is 54.6 Å². The molecule has 1 N–H and O–H groups in total. The number of nitrogens with one attached hydrogen (secondary N) is 1. The van der Waals surface area contributed by atoms with E-state index >= 15 is 0 Å². The Kier molecular flexibility index (Phi) is 6.16. The van der Waals surface area contributed by atoms with Crippen molar-refractivity contribution in [3.05, 3.63) is 71.3 Å². The van der Waals surface area contributed by atoms with E-state index in [0.29, 0.717) is 12.0 Å². The van der Waals surface area contributed by atoms with E-state index in [1.54, 1.807) is 24.3 Å². The van der Waals surface area contributed by atoms with Crippen LogP contribution >= 0.6 is 0 Å². The molecule has 0 saturated carbocycles. The van der Waals surface area contributed by atoms with E-state index in [1.165, 1.54) is 7.11 Å². The van der Waals surface area contributed by atoms with Crippen molar-refractivity contribution < 1.29 is 14.3 Å². The van der Waals surface area contributed by atoms with Crippen molar-refractivity contribution in [2.24, 2.45) is 0 Å². The Hall–Kier alpha value is -3.06. The van der Waals surface area contributed by atoms with Crippen molar-refractivity contribution in [3.8, 4) is 11.8 Å². The maximum absolute atomic E-state index is 12.2. The van der Waals surface area contributed by atoms with Crippen LogP contribution in [-0.4, -0.2) is 25.0 Å². The fraction of sp³-hybridized carbons (Fsp3) is 0.200. The molecular formula is C20H19NO3. The Morgan fingerprint density at radius 1 is 1.00 bits per heavy atom. The predicted molar refractivity (Wildman–Crippen MR) is 92.4 cm³/mol. The second kappa shape index (κ2) is 8.54. The van der Waals surface area contributed by atoms with E-state index in [9.17, 15) is 9.59 Å². The summed E-state index contributed by atoms with van der Waals surface area (Å²) in [5.74, 6) is 5.35. The number of amides is 1. The van der Waals surface area contributed by atoms with Gasteiger partial charge in [0.15, 0.2) is 0 Å². The van der Waals surface area contributed by atoms with Gasteiger partial charge in [0, 0.05) is 16.7 Å². The first-order chi connectivity index (χ1) is 11.6. The van der Waals surface area contributed by atoms with E-state index in [2.05, 4.69) is 21.9 Å². The molecule has 0 aliphatic heterocycles. The summed E-state index contributed by atoms with van der Waals surface area (Å²) in [5, 5.41) is 2.66. The van der Waals surface area contributed by atoms with Gasteiger partial charge in [0.25, 0.3) is 5.91 Å². The summed E-state index contributed by atoms with van der Waals surface area (Å²) >= 11 is 0. The van der Waals surface area contributed by atoms with Crippen LogP contribution < -0.4 is 5.32 Å². The number of carbonyl (C=O) groups is 2. The average Bonchev–Trinajstić information content (AvgIpc) is 2.64. The molecule has 0 aromatic heterocycles. The molecule has 2 aromatic carbocycles. The minimum Gasteiger partial charge on any atom is -0.467 e. The third kappa shape index (κ3) is 4.72. The molecule has 0 aliphatic rings. The van der Waals surface area contributed by atoms with Gasteiger partial charge in [-0.1, -0.05) is 37.0 Å². The van der Waals surface area contributed by atoms with E-state index in [0.717, 1.165) is 11.1 Å². The highest BCUT2D eigenvalue weighted by atomic mass is 16.5. The lowest BCUT2D eigenvalue weighted by atomic mass is 10.1. The number of ether oxygens (including phenoxy) is 1. The third-order valence-electron chi connectivity index (χ3n) is 3.47. The quantitative estimate of drug-likeness (QED) is 0.696. The minimum atomic E-state index is -0.639. The summed E-state index contributed by atoms with van der Waals surface area (Å²) < 4.78 is 4.66. The van der Waals surface area contributed by atoms with E-state index in [4.69, 9.17) is 0 Å². The fourth-order valence-electron chi connectivity index (χ4n) is 2.08. The Labute approximate surface area is 141 Å². The van der Waals surface area contributed by atoms with Gasteiger partial charge in [-0.25, -0.2) is 4.79 Å². The average molecular weight is 321 g/mol. The van der Waals surface area contributed by atoms with Gasteiger partial charge in [0.05, 0.1) is 7.11 Å². The van der Waals surface area contributed by atoms with Crippen molar-refractivity contribution in [1.82, 2.24) is 5.32 Å². The highest BCUT2D eigenvalue weighted by Crippen LogP contribution is 2.06. The van der Waals surface area contributed by atoms with Gasteiger partial charge < -0.3 is 10.1 Å². The molecule has 2 aromatic rings. The smallest absolute Gasteiger partial charge is 0.328 e. The SMILES string of the molecule is CC[C@H](NC(=O)c1ccc(C#Cc2ccccc2)cc1)C(=O)OC. The van der Waals surface area contributed by atoms with Crippen LogP contribution in [0.5, 0.6) is 0 Å². The molecule has 122 valence electrons. The summed E-state index contributed by atoms with van der Waals surface area (Å²) in [4.78, 5) is 23.7. The zero-order valence-electron chi connectivity index (χ0n) is 13.7. The van der Waals surface area contributed by atoms with Gasteiger partial charge in [0.2, 0.25) is 0 Å². The normalized spacial score (nSPS) is 10.9. The van der Waals surface area contributed by atoms with Crippen molar-refractivity contribution >= 4 is 11.9 Å². The number of benzene rings is 2. The lowest BCUT2D eigenvalue weighted by molar-refractivity contribution is -0.142. The largest absolute Gasteiger partial charge is 0.467 e. The monoisotopic (exact) mass is 321 g/mol. The molecule has 0 saturated heterocycles. The van der Waals surface area contributed by atoms with Crippen molar-refractivity contribution in [3.63, 3.8) is 0 Å². The van der Waals surface area contributed by atoms with E-state index < -0.39 is 12.0 Å². The maximum Gasteiger partial charge on any atom is 0.328 e. The third-order valence-corrected chi connectivity index (χ3v) is 3.47. The molecule has 24 heavy (non-hydrogen) atoms. The van der Waals surface area contributed by atoms with Crippen LogP contribution in [0.1, 0.15) is 34.8 Å². The van der Waals surface area contributed by atoms with E-state index in [-0.39, 0.29) is 5.91 Å². The lowest BCUT2D eigenvalue weighted by Gasteiger charge is -2.14. The van der Waals surface area contributed by atoms with Gasteiger partial charge in [-0.2, -0.15) is 0 Å². The Morgan fingerprint density at radius 3 is 2.12 bits per heavy atom. The predicted octanol–water partition coefficient (Wildman–Crippen LogP) is 2.77. The molecule has 0 fully saturated rings. The molecule has 0 heterocycles. The number of carbonyl (C=O) groups excluding carboxylic acids is 2. The highest BCUT2D eigenvalue weighted by Gasteiger charge is 2.19. The zero-order valence-corrected chi connectivity index (χ0v) is 13.7. The highest BCUT2D eigenvalue weighted by molar-refractivity contribution is 5.96. The lowest BCUT2D eigenvalue weighted by Crippen LogP contribution is -2.41. The zero-order chi connectivity index (χ0) is 17.4. The maximum atomic E-state index is 12.2. The molecule has 1 atom stereocenters. The molecule has 0 aliphatic carbocycles. The van der Waals surface area contributed by atoms with Gasteiger partial charge in [0.1, 0.15) is 6.04 Å². The standard InChI is InChI=1S/C20H19NO3/c1-3-18(20(23)24-2)21-19(22)17-13-11-16(12-14-17)10-9-15-7-5-4-6-8-15/h4-8,11-14,18H,3H2,1-2H3,(H,21,22)/t18-/m0/s1. The summed E-state index contributed by atoms with van der Waals surface area (Å²) in [6.07, 6.45) is 0.471. The molecule has 4 heteroatoms. The van der Waals surface area contributed by atoms with Crippen LogP contribution in [0.4, 0.5) is 0 Å². The number of hydrogen-bond donors (Lipinski definition) is 1. The molecule has 0 radical (unpaired) electrons. The van der Waals surface area contributed by atoms with Crippen LogP contribution in [-0.2, 0) is 9.53 Å². The van der Waals surface area contributed by atoms with Crippen LogP contribution in [0.25, 0.3) is 0 Å². The van der Waals surface area contributed by atoms with Crippen LogP contribution in [0, 0.1) is 11.8 Å². The summed E-state index contributed by atoms with van der Waals surface area (Å²) in [6.45, 7) is 1.81. The van der Waals surface area contributed by atoms with E-state index in [1.807, 2.05) is 37.3 Å². The molecule has 0 spiro atoms. The van der Waals surface area contributed by atoms with Gasteiger partial charge in [-0.3, -0.25) is 4.79 Å². The Morgan fingerprint density at radius 2 is 1.58 bits per heavy atom. The second-order valence-electron chi connectivity index (χ2n) is 5.15. The Balaban J connectivity index is 2.05. The minimum absolute atomic E-state index is 0.310. The first-order valence-electron chi connectivity index (χ1n) is 7.70. The molecule has 0 unspecified atom stereocenters. The number of methoxy groups -OCH3 is 1. The molecule has 0 bridgehead atoms. The first-order valence-corrected chi connectivity index (χ1v) is 7.70. The Bertz CT molecular complexity index is 755. The molecule has 1 amide bonds. The number of esters is 1. The van der Waals surface area contributed by atoms with Crippen molar-refractivity contribution in [2.45, 2.75) is 19.4 Å². The number of rotatable bonds is 4. The van der Waals surface area contributed by atoms with Gasteiger partial charge in [-0.15, -0.1) is 0 Å². The summed E-state index contributed by atoms with van der Waals surface area (Å²) in [6, 6.07) is 16.0. The summed E-state index contributed by atoms with van der Waals surface area (Å²) in [5.41, 5.74) is 2.22. The fourth-order valence-corrected chi connectivity index (χ4v) is 2.08. The summed E-state index contributed by atoms with van der Waals surface area (Å²) in [7, 11) is 1.30. The molecular weight excluding hydrogens is 302 g/mol. The van der Waals surface area contributed by atoms with Crippen molar-refractivity contribution in [2.75, 3.05) is 7.11 Å². The number of hydrogen-bond acceptors (Lipinski definition) is 3. The topological polar surface area (TPSA) is 55.4 Å². The van der Waals surface area contributed by atoms with Crippen LogP contribution in [0.3, 0.4) is 0 Å². The van der Waals surface area contributed by atoms with Crippen molar-refractivity contribution in [1.29, 1.82) is 0 Å². The van der Waals surface area contributed by atoms with Crippen LogP contribution in [0.2, 0.25) is 0 Å². The molecule has 4 nitrogen and oxygen atoms in total. The van der Waals surface area contributed by atoms with Gasteiger partial charge in [-0.05, 0) is 42.8 Å². The second-order valence-corrected chi connectivity index (χ2v) is 5.15. The molecule has 2 rings (SSSR count). The van der Waals surface area contributed by atoms with Gasteiger partial charge >= 0.3 is 5.97 Å².